The van der Waals surface area contributed by atoms with Crippen molar-refractivity contribution in [2.75, 3.05) is 6.54 Å². The largest absolute Gasteiger partial charge is 0.349 e. The van der Waals surface area contributed by atoms with Gasteiger partial charge in [-0.05, 0) is 37.1 Å². The highest BCUT2D eigenvalue weighted by Crippen LogP contribution is 2.22. The summed E-state index contributed by atoms with van der Waals surface area (Å²) in [5.41, 5.74) is 8.53. The number of nitrogens with zero attached hydrogens (tertiary/aromatic N) is 2. The van der Waals surface area contributed by atoms with Crippen molar-refractivity contribution in [1.29, 1.82) is 0 Å². The Labute approximate surface area is 160 Å². The molecule has 3 aromatic rings. The summed E-state index contributed by atoms with van der Waals surface area (Å²) in [5, 5.41) is 3.10. The van der Waals surface area contributed by atoms with E-state index < -0.39 is 5.54 Å². The number of fused-ring (bicyclic) bond motifs is 1. The van der Waals surface area contributed by atoms with E-state index in [1.165, 1.54) is 0 Å². The second-order valence-corrected chi connectivity index (χ2v) is 7.51. The van der Waals surface area contributed by atoms with Crippen LogP contribution in [0.5, 0.6) is 0 Å². The topological polar surface area (TPSA) is 72.9 Å². The minimum atomic E-state index is -0.392. The molecule has 142 valence electrons. The molecule has 0 saturated heterocycles. The van der Waals surface area contributed by atoms with E-state index in [1.54, 1.807) is 0 Å². The summed E-state index contributed by atoms with van der Waals surface area (Å²) in [6, 6.07) is 18.2. The maximum atomic E-state index is 12.6. The van der Waals surface area contributed by atoms with Gasteiger partial charge in [-0.3, -0.25) is 9.36 Å². The lowest BCUT2D eigenvalue weighted by molar-refractivity contribution is -0.123. The molecule has 0 radical (unpaired) electrons. The fraction of sp³-hybridized carbons (Fsp3) is 0.364. The van der Waals surface area contributed by atoms with Gasteiger partial charge < -0.3 is 11.1 Å². The van der Waals surface area contributed by atoms with Crippen molar-refractivity contribution in [3.63, 3.8) is 0 Å². The van der Waals surface area contributed by atoms with Gasteiger partial charge in [-0.2, -0.15) is 0 Å². The van der Waals surface area contributed by atoms with Crippen molar-refractivity contribution < 1.29 is 4.79 Å². The Morgan fingerprint density at radius 1 is 1.15 bits per heavy atom. The van der Waals surface area contributed by atoms with Crippen molar-refractivity contribution in [2.45, 2.75) is 39.2 Å². The summed E-state index contributed by atoms with van der Waals surface area (Å²) in [6.07, 6.45) is 0.937. The van der Waals surface area contributed by atoms with E-state index in [0.717, 1.165) is 22.5 Å². The van der Waals surface area contributed by atoms with Gasteiger partial charge in [0.25, 0.3) is 0 Å². The predicted molar refractivity (Wildman–Crippen MR) is 110 cm³/mol. The first-order valence-corrected chi connectivity index (χ1v) is 9.47. The molecule has 0 aliphatic heterocycles. The molecule has 1 unspecified atom stereocenters. The van der Waals surface area contributed by atoms with Crippen molar-refractivity contribution in [1.82, 2.24) is 14.9 Å². The summed E-state index contributed by atoms with van der Waals surface area (Å²) in [7, 11) is 0. The fourth-order valence-electron chi connectivity index (χ4n) is 3.15. The third kappa shape index (κ3) is 4.03. The Bertz CT molecular complexity index is 916. The van der Waals surface area contributed by atoms with E-state index in [1.807, 2.05) is 43.3 Å². The van der Waals surface area contributed by atoms with E-state index in [2.05, 4.69) is 41.9 Å². The summed E-state index contributed by atoms with van der Waals surface area (Å²) in [5.74, 6) is 1.15. The van der Waals surface area contributed by atoms with Gasteiger partial charge in [0, 0.05) is 25.1 Å². The molecule has 3 rings (SSSR count). The molecule has 0 spiro atoms. The van der Waals surface area contributed by atoms with Crippen LogP contribution >= 0.6 is 0 Å². The molecule has 1 heterocycles. The number of imidazole rings is 1. The smallest absolute Gasteiger partial charge is 0.220 e. The Balaban J connectivity index is 1.84. The number of carbonyl (C=O) groups is 1. The van der Waals surface area contributed by atoms with Crippen LogP contribution in [0.15, 0.2) is 54.6 Å². The SMILES string of the molecule is CC(C)C(C)(CN)NC(=O)CCc1nc2ccccc2n1-c1ccccc1. The number of hydrogen-bond donors (Lipinski definition) is 2. The zero-order valence-electron chi connectivity index (χ0n) is 16.3. The molecule has 0 bridgehead atoms. The van der Waals surface area contributed by atoms with Gasteiger partial charge in [-0.15, -0.1) is 0 Å². The molecule has 1 aromatic heterocycles. The van der Waals surface area contributed by atoms with Crippen LogP contribution in [0.4, 0.5) is 0 Å². The summed E-state index contributed by atoms with van der Waals surface area (Å²) < 4.78 is 2.13. The van der Waals surface area contributed by atoms with Crippen LogP contribution in [-0.2, 0) is 11.2 Å². The van der Waals surface area contributed by atoms with E-state index in [9.17, 15) is 4.79 Å². The number of hydrogen-bond acceptors (Lipinski definition) is 3. The quantitative estimate of drug-likeness (QED) is 0.674. The first kappa shape index (κ1) is 19.1. The number of aryl methyl sites for hydroxylation is 1. The predicted octanol–water partition coefficient (Wildman–Crippen LogP) is 3.45. The van der Waals surface area contributed by atoms with Crippen LogP contribution < -0.4 is 11.1 Å². The van der Waals surface area contributed by atoms with Gasteiger partial charge in [0.1, 0.15) is 5.82 Å². The van der Waals surface area contributed by atoms with Crippen molar-refractivity contribution >= 4 is 16.9 Å². The molecule has 1 amide bonds. The lowest BCUT2D eigenvalue weighted by atomic mass is 9.88. The number of rotatable bonds is 7. The van der Waals surface area contributed by atoms with Crippen LogP contribution in [0.2, 0.25) is 0 Å². The molecule has 5 heteroatoms. The van der Waals surface area contributed by atoms with E-state index in [0.29, 0.717) is 19.4 Å². The minimum absolute atomic E-state index is 0.00307. The summed E-state index contributed by atoms with van der Waals surface area (Å²) in [6.45, 7) is 6.55. The maximum Gasteiger partial charge on any atom is 0.220 e. The summed E-state index contributed by atoms with van der Waals surface area (Å²) in [4.78, 5) is 17.3. The van der Waals surface area contributed by atoms with Gasteiger partial charge in [-0.25, -0.2) is 4.98 Å². The third-order valence-corrected chi connectivity index (χ3v) is 5.34. The minimum Gasteiger partial charge on any atom is -0.349 e. The van der Waals surface area contributed by atoms with Crippen molar-refractivity contribution in [3.05, 3.63) is 60.4 Å². The normalized spacial score (nSPS) is 13.7. The molecule has 0 fully saturated rings. The summed E-state index contributed by atoms with van der Waals surface area (Å²) >= 11 is 0. The molecule has 0 aliphatic rings. The average Bonchev–Trinajstić information content (AvgIpc) is 3.05. The molecule has 3 N–H and O–H groups in total. The standard InChI is InChI=1S/C22H28N4O/c1-16(2)22(3,15-23)25-21(27)14-13-20-24-18-11-7-8-12-19(18)26(20)17-9-5-4-6-10-17/h4-12,16H,13-15,23H2,1-3H3,(H,25,27). The zero-order valence-corrected chi connectivity index (χ0v) is 16.3. The van der Waals surface area contributed by atoms with Gasteiger partial charge in [0.2, 0.25) is 5.91 Å². The molecule has 1 atom stereocenters. The molecule has 5 nitrogen and oxygen atoms in total. The number of benzene rings is 2. The third-order valence-electron chi connectivity index (χ3n) is 5.34. The average molecular weight is 364 g/mol. The molecule has 0 aliphatic carbocycles. The van der Waals surface area contributed by atoms with Crippen molar-refractivity contribution in [2.24, 2.45) is 11.7 Å². The number of nitrogens with one attached hydrogen (secondary N) is 1. The molecule has 0 saturated carbocycles. The number of para-hydroxylation sites is 3. The number of nitrogens with two attached hydrogens (primary N) is 1. The maximum absolute atomic E-state index is 12.6. The van der Waals surface area contributed by atoms with E-state index in [-0.39, 0.29) is 11.8 Å². The number of carbonyl (C=O) groups excluding carboxylic acids is 1. The van der Waals surface area contributed by atoms with Crippen LogP contribution in [0.3, 0.4) is 0 Å². The van der Waals surface area contributed by atoms with Gasteiger partial charge in [0.05, 0.1) is 16.6 Å². The Hall–Kier alpha value is -2.66. The second-order valence-electron chi connectivity index (χ2n) is 7.51. The van der Waals surface area contributed by atoms with Gasteiger partial charge in [0.15, 0.2) is 0 Å². The molecule has 27 heavy (non-hydrogen) atoms. The fourth-order valence-corrected chi connectivity index (χ4v) is 3.15. The van der Waals surface area contributed by atoms with Crippen LogP contribution in [-0.4, -0.2) is 27.5 Å². The Morgan fingerprint density at radius 3 is 2.48 bits per heavy atom. The van der Waals surface area contributed by atoms with E-state index in [4.69, 9.17) is 10.7 Å². The molecule has 2 aromatic carbocycles. The Morgan fingerprint density at radius 2 is 1.81 bits per heavy atom. The van der Waals surface area contributed by atoms with Crippen LogP contribution in [0.1, 0.15) is 33.0 Å². The number of amides is 1. The second kappa shape index (κ2) is 7.92. The number of aromatic nitrogens is 2. The molecular weight excluding hydrogens is 336 g/mol. The highest BCUT2D eigenvalue weighted by atomic mass is 16.1. The lowest BCUT2D eigenvalue weighted by Gasteiger charge is -2.33. The Kier molecular flexibility index (Phi) is 5.61. The zero-order chi connectivity index (χ0) is 19.4. The highest BCUT2D eigenvalue weighted by Gasteiger charge is 2.28. The van der Waals surface area contributed by atoms with Gasteiger partial charge in [-0.1, -0.05) is 44.2 Å². The monoisotopic (exact) mass is 364 g/mol. The van der Waals surface area contributed by atoms with Crippen LogP contribution in [0, 0.1) is 5.92 Å². The first-order valence-electron chi connectivity index (χ1n) is 9.47. The van der Waals surface area contributed by atoms with Crippen molar-refractivity contribution in [3.8, 4) is 5.69 Å². The first-order chi connectivity index (χ1) is 12.9. The highest BCUT2D eigenvalue weighted by molar-refractivity contribution is 5.79. The van der Waals surface area contributed by atoms with E-state index >= 15 is 0 Å². The van der Waals surface area contributed by atoms with Crippen LogP contribution in [0.25, 0.3) is 16.7 Å². The van der Waals surface area contributed by atoms with Gasteiger partial charge >= 0.3 is 0 Å². The lowest BCUT2D eigenvalue weighted by Crippen LogP contribution is -2.55. The molecular formula is C22H28N4O.